The number of methoxy groups -OCH3 is 1. The summed E-state index contributed by atoms with van der Waals surface area (Å²) >= 11 is 2.71. The van der Waals surface area contributed by atoms with Crippen LogP contribution in [0, 0.1) is 25.2 Å². The Bertz CT molecular complexity index is 809. The van der Waals surface area contributed by atoms with E-state index < -0.39 is 0 Å². The molecule has 1 amide bonds. The fraction of sp³-hybridized carbons (Fsp3) is 0.500. The summed E-state index contributed by atoms with van der Waals surface area (Å²) in [6.07, 6.45) is 0.797. The van der Waals surface area contributed by atoms with E-state index in [-0.39, 0.29) is 11.7 Å². The van der Waals surface area contributed by atoms with Crippen LogP contribution in [0.5, 0.6) is 0 Å². The average Bonchev–Trinajstić information content (AvgIpc) is 3.18. The molecule has 2 N–H and O–H groups in total. The van der Waals surface area contributed by atoms with E-state index >= 15 is 0 Å². The number of carbonyl (C=O) groups is 1. The minimum Gasteiger partial charge on any atom is -0.385 e. The summed E-state index contributed by atoms with van der Waals surface area (Å²) in [5.41, 5.74) is 2.37. The first-order valence-electron chi connectivity index (χ1n) is 8.04. The number of thioether (sulfide) groups is 1. The van der Waals surface area contributed by atoms with Gasteiger partial charge in [-0.25, -0.2) is 0 Å². The van der Waals surface area contributed by atoms with Gasteiger partial charge in [-0.2, -0.15) is 5.26 Å². The van der Waals surface area contributed by atoms with Crippen LogP contribution in [0.15, 0.2) is 4.34 Å². The van der Waals surface area contributed by atoms with E-state index in [4.69, 9.17) is 4.74 Å². The lowest BCUT2D eigenvalue weighted by Crippen LogP contribution is -2.18. The highest BCUT2D eigenvalue weighted by atomic mass is 32.2. The summed E-state index contributed by atoms with van der Waals surface area (Å²) in [7, 11) is 3.43. The molecule has 10 heteroatoms. The second-order valence-electron chi connectivity index (χ2n) is 5.50. The number of nitriles is 1. The Labute approximate surface area is 160 Å². The van der Waals surface area contributed by atoms with E-state index in [1.165, 1.54) is 23.1 Å². The van der Waals surface area contributed by atoms with E-state index in [9.17, 15) is 10.1 Å². The molecule has 0 aliphatic rings. The predicted molar refractivity (Wildman–Crippen MR) is 104 cm³/mol. The smallest absolute Gasteiger partial charge is 0.235 e. The number of hydrogen-bond acceptors (Lipinski definition) is 8. The van der Waals surface area contributed by atoms with Gasteiger partial charge >= 0.3 is 0 Å². The highest BCUT2D eigenvalue weighted by molar-refractivity contribution is 8.01. The van der Waals surface area contributed by atoms with Gasteiger partial charge in [0.1, 0.15) is 11.9 Å². The van der Waals surface area contributed by atoms with E-state index in [1.54, 1.807) is 14.2 Å². The maximum atomic E-state index is 12.4. The Kier molecular flexibility index (Phi) is 7.44. The number of hydrogen-bond donors (Lipinski definition) is 2. The number of aromatic nitrogens is 3. The van der Waals surface area contributed by atoms with Gasteiger partial charge < -0.3 is 19.9 Å². The van der Waals surface area contributed by atoms with Crippen molar-refractivity contribution in [2.75, 3.05) is 37.2 Å². The number of anilines is 2. The highest BCUT2D eigenvalue weighted by Gasteiger charge is 2.19. The molecule has 0 aliphatic heterocycles. The van der Waals surface area contributed by atoms with Crippen LogP contribution in [-0.2, 0) is 16.1 Å². The van der Waals surface area contributed by atoms with Crippen LogP contribution < -0.4 is 10.6 Å². The van der Waals surface area contributed by atoms with Crippen LogP contribution in [0.25, 0.3) is 0 Å². The Morgan fingerprint density at radius 1 is 1.42 bits per heavy atom. The third-order valence-corrected chi connectivity index (χ3v) is 5.95. The number of carbonyl (C=O) groups excluding carboxylic acids is 1. The second kappa shape index (κ2) is 9.56. The van der Waals surface area contributed by atoms with E-state index in [0.717, 1.165) is 17.7 Å². The van der Waals surface area contributed by atoms with Gasteiger partial charge in [-0.15, -0.1) is 10.2 Å². The van der Waals surface area contributed by atoms with Crippen molar-refractivity contribution in [2.24, 2.45) is 0 Å². The molecule has 0 saturated carbocycles. The van der Waals surface area contributed by atoms with E-state index in [0.29, 0.717) is 34.0 Å². The molecular formula is C16H22N6O2S2. The number of nitrogens with one attached hydrogen (secondary N) is 2. The molecule has 26 heavy (non-hydrogen) atoms. The van der Waals surface area contributed by atoms with Crippen LogP contribution in [0.1, 0.15) is 23.2 Å². The van der Waals surface area contributed by atoms with Gasteiger partial charge in [0, 0.05) is 33.0 Å². The van der Waals surface area contributed by atoms with Crippen molar-refractivity contribution in [2.45, 2.75) is 31.2 Å². The zero-order chi connectivity index (χ0) is 19.1. The van der Waals surface area contributed by atoms with Crippen molar-refractivity contribution < 1.29 is 9.53 Å². The van der Waals surface area contributed by atoms with Crippen LogP contribution >= 0.6 is 23.1 Å². The van der Waals surface area contributed by atoms with Gasteiger partial charge in [0.05, 0.1) is 11.3 Å². The van der Waals surface area contributed by atoms with Gasteiger partial charge in [0.2, 0.25) is 11.0 Å². The van der Waals surface area contributed by atoms with Crippen molar-refractivity contribution >= 4 is 40.0 Å². The van der Waals surface area contributed by atoms with Crippen LogP contribution in [-0.4, -0.2) is 47.2 Å². The lowest BCUT2D eigenvalue weighted by Gasteiger charge is -2.12. The molecule has 2 heterocycles. The topological polar surface area (TPSA) is 105 Å². The average molecular weight is 395 g/mol. The van der Waals surface area contributed by atoms with E-state index in [2.05, 4.69) is 26.9 Å². The molecule has 2 aromatic rings. The predicted octanol–water partition coefficient (Wildman–Crippen LogP) is 2.64. The van der Waals surface area contributed by atoms with Gasteiger partial charge in [-0.1, -0.05) is 23.1 Å². The zero-order valence-corrected chi connectivity index (χ0v) is 16.9. The molecule has 0 aliphatic carbocycles. The Hall–Kier alpha value is -2.09. The molecule has 0 aromatic carbocycles. The third kappa shape index (κ3) is 4.75. The lowest BCUT2D eigenvalue weighted by molar-refractivity contribution is -0.113. The summed E-state index contributed by atoms with van der Waals surface area (Å²) in [5, 5.41) is 23.9. The SMILES string of the molecule is CNc1nnc(SCC(=O)Nc2c(C#N)c(C)c(C)n2CCCOC)s1. The van der Waals surface area contributed by atoms with Crippen LogP contribution in [0.2, 0.25) is 0 Å². The maximum Gasteiger partial charge on any atom is 0.235 e. The summed E-state index contributed by atoms with van der Waals surface area (Å²) < 4.78 is 7.79. The lowest BCUT2D eigenvalue weighted by atomic mass is 10.2. The molecular weight excluding hydrogens is 372 g/mol. The van der Waals surface area contributed by atoms with Gasteiger partial charge in [-0.05, 0) is 25.8 Å². The fourth-order valence-corrected chi connectivity index (χ4v) is 3.95. The van der Waals surface area contributed by atoms with Crippen LogP contribution in [0.3, 0.4) is 0 Å². The number of rotatable bonds is 9. The molecule has 8 nitrogen and oxygen atoms in total. The van der Waals surface area contributed by atoms with Crippen molar-refractivity contribution in [3.05, 3.63) is 16.8 Å². The minimum absolute atomic E-state index is 0.182. The van der Waals surface area contributed by atoms with E-state index in [1.807, 2.05) is 18.4 Å². The third-order valence-electron chi connectivity index (χ3n) is 3.88. The first-order valence-corrected chi connectivity index (χ1v) is 9.84. The Morgan fingerprint density at radius 3 is 2.81 bits per heavy atom. The van der Waals surface area contributed by atoms with Gasteiger partial charge in [-0.3, -0.25) is 4.79 Å². The summed E-state index contributed by atoms with van der Waals surface area (Å²) in [5.74, 6) is 0.570. The first-order chi connectivity index (χ1) is 12.5. The molecule has 0 radical (unpaired) electrons. The summed E-state index contributed by atoms with van der Waals surface area (Å²) in [6, 6.07) is 2.20. The molecule has 0 bridgehead atoms. The van der Waals surface area contributed by atoms with Gasteiger partial charge in [0.15, 0.2) is 4.34 Å². The maximum absolute atomic E-state index is 12.4. The van der Waals surface area contributed by atoms with Crippen molar-refractivity contribution in [1.82, 2.24) is 14.8 Å². The normalized spacial score (nSPS) is 10.6. The molecule has 0 saturated heterocycles. The monoisotopic (exact) mass is 394 g/mol. The molecule has 0 atom stereocenters. The van der Waals surface area contributed by atoms with Crippen molar-refractivity contribution in [1.29, 1.82) is 5.26 Å². The van der Waals surface area contributed by atoms with Gasteiger partial charge in [0.25, 0.3) is 0 Å². The second-order valence-corrected chi connectivity index (χ2v) is 7.70. The minimum atomic E-state index is -0.182. The molecule has 0 unspecified atom stereocenters. The number of amides is 1. The molecule has 0 spiro atoms. The fourth-order valence-electron chi connectivity index (χ4n) is 2.44. The molecule has 0 fully saturated rings. The Morgan fingerprint density at radius 2 is 2.19 bits per heavy atom. The Balaban J connectivity index is 2.09. The number of ether oxygens (including phenoxy) is 1. The number of nitrogens with zero attached hydrogens (tertiary/aromatic N) is 4. The summed E-state index contributed by atoms with van der Waals surface area (Å²) in [6.45, 7) is 5.14. The van der Waals surface area contributed by atoms with Crippen LogP contribution in [0.4, 0.5) is 10.9 Å². The largest absolute Gasteiger partial charge is 0.385 e. The first kappa shape index (κ1) is 20.2. The standard InChI is InChI=1S/C16H22N6O2S2/c1-10-11(2)22(6-5-7-24-4)14(12(10)8-17)19-13(23)9-25-16-21-20-15(18-3)26-16/h5-7,9H2,1-4H3,(H,18,20)(H,19,23). The highest BCUT2D eigenvalue weighted by Crippen LogP contribution is 2.28. The van der Waals surface area contributed by atoms with Crippen molar-refractivity contribution in [3.8, 4) is 6.07 Å². The molecule has 2 aromatic heterocycles. The quantitative estimate of drug-likeness (QED) is 0.497. The molecule has 140 valence electrons. The van der Waals surface area contributed by atoms with Crippen molar-refractivity contribution in [3.63, 3.8) is 0 Å². The molecule has 2 rings (SSSR count). The zero-order valence-electron chi connectivity index (χ0n) is 15.3. The summed E-state index contributed by atoms with van der Waals surface area (Å²) in [4.78, 5) is 12.4.